The zero-order valence-corrected chi connectivity index (χ0v) is 12.9. The van der Waals surface area contributed by atoms with E-state index in [1.165, 1.54) is 0 Å². The number of carbonyl (C=O) groups excluding carboxylic acids is 1. The number of carbonyl (C=O) groups is 1. The Bertz CT molecular complexity index is 639. The minimum absolute atomic E-state index is 0.139. The van der Waals surface area contributed by atoms with Crippen LogP contribution in [0.3, 0.4) is 0 Å². The lowest BCUT2D eigenvalue weighted by Crippen LogP contribution is -2.38. The Morgan fingerprint density at radius 2 is 2.23 bits per heavy atom. The van der Waals surface area contributed by atoms with Crippen molar-refractivity contribution in [1.82, 2.24) is 15.0 Å². The molecule has 2 rings (SSSR count). The molecule has 2 aromatic rings. The first-order chi connectivity index (χ1) is 10.5. The monoisotopic (exact) mass is 304 g/mol. The molecule has 0 atom stereocenters. The number of benzene rings is 1. The van der Waals surface area contributed by atoms with E-state index in [2.05, 4.69) is 10.1 Å². The number of aromatic nitrogens is 2. The lowest BCUT2D eigenvalue weighted by atomic mass is 10.2. The molecule has 0 unspecified atom stereocenters. The summed E-state index contributed by atoms with van der Waals surface area (Å²) in [5.41, 5.74) is 6.06. The van der Waals surface area contributed by atoms with Crippen LogP contribution >= 0.6 is 0 Å². The van der Waals surface area contributed by atoms with E-state index < -0.39 is 0 Å². The summed E-state index contributed by atoms with van der Waals surface area (Å²) < 4.78 is 10.4. The van der Waals surface area contributed by atoms with Crippen molar-refractivity contribution < 1.29 is 14.1 Å². The molecule has 2 N–H and O–H groups in total. The van der Waals surface area contributed by atoms with Crippen molar-refractivity contribution in [2.75, 3.05) is 13.7 Å². The van der Waals surface area contributed by atoms with Crippen LogP contribution in [0.15, 0.2) is 28.8 Å². The van der Waals surface area contributed by atoms with Crippen LogP contribution in [-0.4, -0.2) is 40.6 Å². The Kier molecular flexibility index (Phi) is 5.11. The van der Waals surface area contributed by atoms with Gasteiger partial charge in [-0.2, -0.15) is 4.98 Å². The number of amides is 1. The molecule has 0 radical (unpaired) electrons. The van der Waals surface area contributed by atoms with Gasteiger partial charge >= 0.3 is 0 Å². The second kappa shape index (κ2) is 7.04. The van der Waals surface area contributed by atoms with Crippen molar-refractivity contribution in [3.8, 4) is 17.1 Å². The average Bonchev–Trinajstić information content (AvgIpc) is 2.94. The first kappa shape index (κ1) is 16.0. The summed E-state index contributed by atoms with van der Waals surface area (Å²) in [4.78, 5) is 17.3. The molecule has 1 aromatic carbocycles. The van der Waals surface area contributed by atoms with Crippen molar-refractivity contribution in [1.29, 1.82) is 0 Å². The van der Waals surface area contributed by atoms with E-state index in [1.54, 1.807) is 7.11 Å². The zero-order chi connectivity index (χ0) is 16.1. The van der Waals surface area contributed by atoms with Gasteiger partial charge in [0.15, 0.2) is 0 Å². The number of methoxy groups -OCH3 is 1. The number of nitrogens with zero attached hydrogens (tertiary/aromatic N) is 3. The van der Waals surface area contributed by atoms with Crippen LogP contribution in [0.1, 0.15) is 19.7 Å². The molecule has 0 spiro atoms. The van der Waals surface area contributed by atoms with Crippen molar-refractivity contribution in [3.63, 3.8) is 0 Å². The Balaban J connectivity index is 2.14. The van der Waals surface area contributed by atoms with Crippen LogP contribution in [0.25, 0.3) is 11.4 Å². The summed E-state index contributed by atoms with van der Waals surface area (Å²) in [5, 5.41) is 3.97. The lowest BCUT2D eigenvalue weighted by molar-refractivity contribution is -0.119. The predicted molar refractivity (Wildman–Crippen MR) is 81.0 cm³/mol. The second-order valence-electron chi connectivity index (χ2n) is 5.21. The summed E-state index contributed by atoms with van der Waals surface area (Å²) in [5.74, 6) is 1.26. The standard InChI is InChI=1S/C15H20N4O3/c1-10(2)19(8-13(16)20)9-14-17-15(18-22-14)11-5-4-6-12(7-11)21-3/h4-7,10H,8-9H2,1-3H3,(H2,16,20). The molecule has 1 heterocycles. The van der Waals surface area contributed by atoms with Crippen LogP contribution in [0.5, 0.6) is 5.75 Å². The van der Waals surface area contributed by atoms with E-state index in [-0.39, 0.29) is 18.5 Å². The Hall–Kier alpha value is -2.41. The van der Waals surface area contributed by atoms with Gasteiger partial charge in [0.2, 0.25) is 17.6 Å². The van der Waals surface area contributed by atoms with Crippen molar-refractivity contribution in [3.05, 3.63) is 30.2 Å². The van der Waals surface area contributed by atoms with Crippen LogP contribution in [0, 0.1) is 0 Å². The summed E-state index contributed by atoms with van der Waals surface area (Å²) in [6, 6.07) is 7.55. The average molecular weight is 304 g/mol. The molecule has 22 heavy (non-hydrogen) atoms. The molecule has 7 nitrogen and oxygen atoms in total. The third-order valence-corrected chi connectivity index (χ3v) is 3.22. The molecule has 0 saturated carbocycles. The maximum Gasteiger partial charge on any atom is 0.241 e. The first-order valence-corrected chi connectivity index (χ1v) is 6.99. The molecule has 0 saturated heterocycles. The van der Waals surface area contributed by atoms with Gasteiger partial charge in [-0.05, 0) is 26.0 Å². The minimum Gasteiger partial charge on any atom is -0.497 e. The smallest absolute Gasteiger partial charge is 0.241 e. The van der Waals surface area contributed by atoms with Gasteiger partial charge < -0.3 is 15.0 Å². The zero-order valence-electron chi connectivity index (χ0n) is 12.9. The van der Waals surface area contributed by atoms with Crippen LogP contribution in [0.4, 0.5) is 0 Å². The lowest BCUT2D eigenvalue weighted by Gasteiger charge is -2.22. The quantitative estimate of drug-likeness (QED) is 0.831. The molecule has 0 aliphatic heterocycles. The van der Waals surface area contributed by atoms with E-state index in [4.69, 9.17) is 15.0 Å². The Morgan fingerprint density at radius 1 is 1.45 bits per heavy atom. The first-order valence-electron chi connectivity index (χ1n) is 6.99. The second-order valence-corrected chi connectivity index (χ2v) is 5.21. The third kappa shape index (κ3) is 4.05. The Morgan fingerprint density at radius 3 is 2.86 bits per heavy atom. The predicted octanol–water partition coefficient (Wildman–Crippen LogP) is 1.44. The van der Waals surface area contributed by atoms with Gasteiger partial charge in [-0.3, -0.25) is 9.69 Å². The Labute approximate surface area is 129 Å². The van der Waals surface area contributed by atoms with Gasteiger partial charge in [0, 0.05) is 11.6 Å². The van der Waals surface area contributed by atoms with Crippen molar-refractivity contribution in [2.45, 2.75) is 26.4 Å². The number of rotatable bonds is 7. The topological polar surface area (TPSA) is 94.5 Å². The van der Waals surface area contributed by atoms with E-state index >= 15 is 0 Å². The van der Waals surface area contributed by atoms with Gasteiger partial charge in [-0.1, -0.05) is 17.3 Å². The van der Waals surface area contributed by atoms with Crippen molar-refractivity contribution in [2.24, 2.45) is 5.73 Å². The molecule has 1 aromatic heterocycles. The van der Waals surface area contributed by atoms with Crippen molar-refractivity contribution >= 4 is 5.91 Å². The minimum atomic E-state index is -0.388. The number of hydrogen-bond acceptors (Lipinski definition) is 6. The van der Waals surface area contributed by atoms with Gasteiger partial charge in [-0.15, -0.1) is 0 Å². The summed E-state index contributed by atoms with van der Waals surface area (Å²) in [6.07, 6.45) is 0. The highest BCUT2D eigenvalue weighted by molar-refractivity contribution is 5.75. The van der Waals surface area contributed by atoms with E-state index in [1.807, 2.05) is 43.0 Å². The maximum absolute atomic E-state index is 11.1. The summed E-state index contributed by atoms with van der Waals surface area (Å²) in [6.45, 7) is 4.47. The largest absolute Gasteiger partial charge is 0.497 e. The molecular formula is C15H20N4O3. The van der Waals surface area contributed by atoms with Gasteiger partial charge in [0.05, 0.1) is 20.2 Å². The summed E-state index contributed by atoms with van der Waals surface area (Å²) >= 11 is 0. The molecule has 118 valence electrons. The highest BCUT2D eigenvalue weighted by Crippen LogP contribution is 2.21. The number of nitrogens with two attached hydrogens (primary N) is 1. The highest BCUT2D eigenvalue weighted by Gasteiger charge is 2.17. The van der Waals surface area contributed by atoms with Gasteiger partial charge in [-0.25, -0.2) is 0 Å². The number of ether oxygens (including phenoxy) is 1. The van der Waals surface area contributed by atoms with E-state index in [0.29, 0.717) is 18.3 Å². The number of primary amides is 1. The van der Waals surface area contributed by atoms with Gasteiger partial charge in [0.1, 0.15) is 5.75 Å². The van der Waals surface area contributed by atoms with Gasteiger partial charge in [0.25, 0.3) is 0 Å². The third-order valence-electron chi connectivity index (χ3n) is 3.22. The maximum atomic E-state index is 11.1. The van der Waals surface area contributed by atoms with Crippen LogP contribution in [-0.2, 0) is 11.3 Å². The molecule has 1 amide bonds. The van der Waals surface area contributed by atoms with Crippen LogP contribution in [0.2, 0.25) is 0 Å². The van der Waals surface area contributed by atoms with E-state index in [0.717, 1.165) is 11.3 Å². The SMILES string of the molecule is COc1cccc(-c2noc(CN(CC(N)=O)C(C)C)n2)c1. The molecular weight excluding hydrogens is 284 g/mol. The fourth-order valence-corrected chi connectivity index (χ4v) is 1.99. The summed E-state index contributed by atoms with van der Waals surface area (Å²) in [7, 11) is 1.60. The van der Waals surface area contributed by atoms with Crippen LogP contribution < -0.4 is 10.5 Å². The molecule has 0 aliphatic carbocycles. The molecule has 0 bridgehead atoms. The fraction of sp³-hybridized carbons (Fsp3) is 0.400. The molecule has 0 aliphatic rings. The normalized spacial score (nSPS) is 11.1. The highest BCUT2D eigenvalue weighted by atomic mass is 16.5. The van der Waals surface area contributed by atoms with E-state index in [9.17, 15) is 4.79 Å². The molecule has 7 heteroatoms. The number of hydrogen-bond donors (Lipinski definition) is 1. The fourth-order valence-electron chi connectivity index (χ4n) is 1.99. The molecule has 0 fully saturated rings.